The number of sulfonamides is 1. The molecule has 0 fully saturated rings. The summed E-state index contributed by atoms with van der Waals surface area (Å²) in [4.78, 5) is 0. The number of nitrogens with zero attached hydrogens (tertiary/aromatic N) is 3. The molecule has 0 bridgehead atoms. The lowest BCUT2D eigenvalue weighted by molar-refractivity contribution is 0.382. The number of rotatable bonds is 25. The average molecular weight is 482 g/mol. The van der Waals surface area contributed by atoms with E-state index in [0.29, 0.717) is 31.7 Å². The van der Waals surface area contributed by atoms with E-state index in [2.05, 4.69) is 19.1 Å². The highest BCUT2D eigenvalue weighted by molar-refractivity contribution is 7.89. The summed E-state index contributed by atoms with van der Waals surface area (Å²) in [5.41, 5.74) is 0. The summed E-state index contributed by atoms with van der Waals surface area (Å²) >= 11 is 0. The van der Waals surface area contributed by atoms with E-state index in [0.717, 1.165) is 96.3 Å². The number of nitriles is 2. The molecule has 0 radical (unpaired) electrons. The zero-order chi connectivity index (χ0) is 24.5. The predicted molar refractivity (Wildman–Crippen MR) is 139 cm³/mol. The van der Waals surface area contributed by atoms with Crippen molar-refractivity contribution in [3.05, 3.63) is 0 Å². The molecule has 0 aromatic carbocycles. The molecule has 0 rings (SSSR count). The van der Waals surface area contributed by atoms with E-state index in [4.69, 9.17) is 10.5 Å². The molecule has 0 spiro atoms. The third-order valence-corrected chi connectivity index (χ3v) is 8.25. The van der Waals surface area contributed by atoms with E-state index in [-0.39, 0.29) is 0 Å². The first-order valence-electron chi connectivity index (χ1n) is 13.8. The highest BCUT2D eigenvalue weighted by Gasteiger charge is 2.20. The topological polar surface area (TPSA) is 85.0 Å². The monoisotopic (exact) mass is 481 g/mol. The molecule has 5 nitrogen and oxygen atoms in total. The zero-order valence-electron chi connectivity index (χ0n) is 21.5. The van der Waals surface area contributed by atoms with Crippen LogP contribution in [0.4, 0.5) is 0 Å². The molecule has 0 aromatic rings. The fraction of sp³-hybridized carbons (Fsp3) is 0.926. The van der Waals surface area contributed by atoms with Gasteiger partial charge in [-0.2, -0.15) is 10.5 Å². The minimum absolute atomic E-state index is 0.295. The maximum atomic E-state index is 13.0. The van der Waals surface area contributed by atoms with Crippen molar-refractivity contribution in [3.8, 4) is 12.1 Å². The van der Waals surface area contributed by atoms with Gasteiger partial charge in [0.05, 0.1) is 17.9 Å². The second-order valence-electron chi connectivity index (χ2n) is 9.40. The van der Waals surface area contributed by atoms with Gasteiger partial charge >= 0.3 is 0 Å². The molecule has 0 amide bonds. The Labute approximate surface area is 206 Å². The highest BCUT2D eigenvalue weighted by atomic mass is 32.2. The van der Waals surface area contributed by atoms with Gasteiger partial charge in [-0.3, -0.25) is 0 Å². The minimum Gasteiger partial charge on any atom is -0.212 e. The number of hydrogen-bond acceptors (Lipinski definition) is 4. The molecule has 0 N–H and O–H groups in total. The van der Waals surface area contributed by atoms with Gasteiger partial charge in [0.2, 0.25) is 10.0 Å². The summed E-state index contributed by atoms with van der Waals surface area (Å²) in [5.74, 6) is 0.295. The lowest BCUT2D eigenvalue weighted by Gasteiger charge is -2.22. The molecule has 0 aliphatic heterocycles. The van der Waals surface area contributed by atoms with Crippen molar-refractivity contribution in [2.45, 2.75) is 142 Å². The van der Waals surface area contributed by atoms with Gasteiger partial charge in [0.1, 0.15) is 0 Å². The normalized spacial score (nSPS) is 11.5. The first-order chi connectivity index (χ1) is 16.1. The first-order valence-corrected chi connectivity index (χ1v) is 15.4. The van der Waals surface area contributed by atoms with E-state index < -0.39 is 10.0 Å². The van der Waals surface area contributed by atoms with Gasteiger partial charge in [-0.05, 0) is 32.1 Å². The molecule has 33 heavy (non-hydrogen) atoms. The van der Waals surface area contributed by atoms with Gasteiger partial charge in [-0.15, -0.1) is 0 Å². The van der Waals surface area contributed by atoms with Gasteiger partial charge in [0, 0.05) is 25.9 Å². The molecule has 0 heterocycles. The molecule has 0 atom stereocenters. The Hall–Kier alpha value is -1.11. The standard InChI is InChI=1S/C27H51N3O2S/c1-2-3-4-5-12-17-22-27-33(31,32)30(25-20-15-10-6-8-13-18-23-28)26-21-16-11-7-9-14-19-24-29/h2-22,25-27H2,1H3. The maximum absolute atomic E-state index is 13.0. The predicted octanol–water partition coefficient (Wildman–Crippen LogP) is 7.88. The van der Waals surface area contributed by atoms with Crippen LogP contribution in [-0.4, -0.2) is 31.6 Å². The SMILES string of the molecule is CCCCCCCCCS(=O)(=O)N(CCCCCCCCC#N)CCCCCCCCC#N. The molecule has 0 aliphatic carbocycles. The second-order valence-corrected chi connectivity index (χ2v) is 11.5. The Bertz CT molecular complexity index is 578. The van der Waals surface area contributed by atoms with E-state index in [9.17, 15) is 8.42 Å². The highest BCUT2D eigenvalue weighted by Crippen LogP contribution is 2.15. The zero-order valence-corrected chi connectivity index (χ0v) is 22.4. The molecular formula is C27H51N3O2S. The molecular weight excluding hydrogens is 430 g/mol. The van der Waals surface area contributed by atoms with Gasteiger partial charge in [0.25, 0.3) is 0 Å². The Balaban J connectivity index is 4.30. The quantitative estimate of drug-likeness (QED) is 0.124. The summed E-state index contributed by atoms with van der Waals surface area (Å²) in [5, 5.41) is 17.2. The summed E-state index contributed by atoms with van der Waals surface area (Å²) in [6.07, 6.45) is 21.9. The van der Waals surface area contributed by atoms with Gasteiger partial charge in [0.15, 0.2) is 0 Å². The van der Waals surface area contributed by atoms with Gasteiger partial charge < -0.3 is 0 Å². The maximum Gasteiger partial charge on any atom is 0.214 e. The number of unbranched alkanes of at least 4 members (excludes halogenated alkanes) is 18. The van der Waals surface area contributed by atoms with Crippen LogP contribution in [-0.2, 0) is 10.0 Å². The lowest BCUT2D eigenvalue weighted by Crippen LogP contribution is -2.35. The van der Waals surface area contributed by atoms with Crippen LogP contribution in [0.2, 0.25) is 0 Å². The molecule has 0 saturated heterocycles. The summed E-state index contributed by atoms with van der Waals surface area (Å²) in [6.45, 7) is 3.52. The lowest BCUT2D eigenvalue weighted by atomic mass is 10.1. The fourth-order valence-electron chi connectivity index (χ4n) is 4.16. The van der Waals surface area contributed by atoms with E-state index in [1.165, 1.54) is 25.7 Å². The number of hydrogen-bond donors (Lipinski definition) is 0. The van der Waals surface area contributed by atoms with Crippen molar-refractivity contribution < 1.29 is 8.42 Å². The van der Waals surface area contributed by atoms with Crippen molar-refractivity contribution >= 4 is 10.0 Å². The summed E-state index contributed by atoms with van der Waals surface area (Å²) in [6, 6.07) is 4.38. The third-order valence-electron chi connectivity index (χ3n) is 6.29. The molecule has 192 valence electrons. The van der Waals surface area contributed by atoms with Gasteiger partial charge in [-0.1, -0.05) is 96.8 Å². The molecule has 0 aromatic heterocycles. The van der Waals surface area contributed by atoms with Crippen LogP contribution < -0.4 is 0 Å². The largest absolute Gasteiger partial charge is 0.214 e. The van der Waals surface area contributed by atoms with Crippen molar-refractivity contribution in [2.75, 3.05) is 18.8 Å². The van der Waals surface area contributed by atoms with Crippen LogP contribution in [0.1, 0.15) is 142 Å². The average Bonchev–Trinajstić information content (AvgIpc) is 2.80. The van der Waals surface area contributed by atoms with E-state index in [1.807, 2.05) is 0 Å². The Morgan fingerprint density at radius 3 is 1.33 bits per heavy atom. The molecule has 0 saturated carbocycles. The molecule has 0 unspecified atom stereocenters. The van der Waals surface area contributed by atoms with Crippen molar-refractivity contribution in [1.82, 2.24) is 4.31 Å². The van der Waals surface area contributed by atoms with Crippen molar-refractivity contribution in [2.24, 2.45) is 0 Å². The van der Waals surface area contributed by atoms with Crippen LogP contribution in [0.3, 0.4) is 0 Å². The Morgan fingerprint density at radius 1 is 0.545 bits per heavy atom. The summed E-state index contributed by atoms with van der Waals surface area (Å²) in [7, 11) is -3.17. The molecule has 6 heteroatoms. The smallest absolute Gasteiger partial charge is 0.212 e. The molecule has 0 aliphatic rings. The van der Waals surface area contributed by atoms with Crippen molar-refractivity contribution in [3.63, 3.8) is 0 Å². The van der Waals surface area contributed by atoms with E-state index >= 15 is 0 Å². The van der Waals surface area contributed by atoms with Crippen molar-refractivity contribution in [1.29, 1.82) is 10.5 Å². The van der Waals surface area contributed by atoms with Crippen LogP contribution >= 0.6 is 0 Å². The Morgan fingerprint density at radius 2 is 0.909 bits per heavy atom. The Kier molecular flexibility index (Phi) is 23.2. The summed E-state index contributed by atoms with van der Waals surface area (Å²) < 4.78 is 27.8. The van der Waals surface area contributed by atoms with Crippen LogP contribution in [0.5, 0.6) is 0 Å². The van der Waals surface area contributed by atoms with Crippen LogP contribution in [0, 0.1) is 22.7 Å². The van der Waals surface area contributed by atoms with E-state index in [1.54, 1.807) is 4.31 Å². The second kappa shape index (κ2) is 24.0. The van der Waals surface area contributed by atoms with Crippen LogP contribution in [0.15, 0.2) is 0 Å². The fourth-order valence-corrected chi connectivity index (χ4v) is 5.80. The first kappa shape index (κ1) is 31.9. The third kappa shape index (κ3) is 21.2. The van der Waals surface area contributed by atoms with Gasteiger partial charge in [-0.25, -0.2) is 12.7 Å². The van der Waals surface area contributed by atoms with Crippen LogP contribution in [0.25, 0.3) is 0 Å². The minimum atomic E-state index is -3.17.